The van der Waals surface area contributed by atoms with Gasteiger partial charge in [-0.15, -0.1) is 6.58 Å². The summed E-state index contributed by atoms with van der Waals surface area (Å²) in [5, 5.41) is 5.52. The van der Waals surface area contributed by atoms with E-state index < -0.39 is 15.9 Å². The molecule has 2 N–H and O–H groups in total. The Balaban J connectivity index is 1.74. The number of hydrogen-bond donors (Lipinski definition) is 2. The third-order valence-corrected chi connectivity index (χ3v) is 7.34. The highest BCUT2D eigenvalue weighted by molar-refractivity contribution is 7.93. The summed E-state index contributed by atoms with van der Waals surface area (Å²) < 4.78 is 27.2. The molecule has 1 aliphatic rings. The van der Waals surface area contributed by atoms with E-state index in [1.54, 1.807) is 73.7 Å². The molecule has 0 saturated carbocycles. The Morgan fingerprint density at radius 3 is 2.45 bits per heavy atom. The molecule has 8 heteroatoms. The average Bonchev–Trinajstić information content (AvgIpc) is 2.81. The van der Waals surface area contributed by atoms with Gasteiger partial charge in [0.1, 0.15) is 0 Å². The van der Waals surface area contributed by atoms with Gasteiger partial charge in [-0.1, -0.05) is 36.4 Å². The topological polar surface area (TPSA) is 95.6 Å². The third-order valence-electron chi connectivity index (χ3n) is 5.52. The molecule has 0 unspecified atom stereocenters. The summed E-state index contributed by atoms with van der Waals surface area (Å²) in [5.74, 6) is -0.730. The highest BCUT2D eigenvalue weighted by Gasteiger charge is 2.34. The molecule has 1 heterocycles. The van der Waals surface area contributed by atoms with Crippen LogP contribution in [0.4, 0.5) is 11.4 Å². The van der Waals surface area contributed by atoms with Crippen LogP contribution in [0.5, 0.6) is 0 Å². The molecule has 3 aromatic rings. The van der Waals surface area contributed by atoms with Gasteiger partial charge in [0.25, 0.3) is 21.8 Å². The van der Waals surface area contributed by atoms with Gasteiger partial charge in [-0.3, -0.25) is 13.9 Å². The molecule has 0 fully saturated rings. The molecule has 0 bridgehead atoms. The molecule has 3 aromatic carbocycles. The first kappa shape index (κ1) is 22.3. The quantitative estimate of drug-likeness (QED) is 0.562. The molecule has 0 radical (unpaired) electrons. The normalized spacial score (nSPS) is 13.5. The van der Waals surface area contributed by atoms with Crippen molar-refractivity contribution in [3.63, 3.8) is 0 Å². The molecule has 2 amide bonds. The van der Waals surface area contributed by atoms with E-state index >= 15 is 0 Å². The number of anilines is 2. The summed E-state index contributed by atoms with van der Waals surface area (Å²) in [7, 11) is -2.17. The summed E-state index contributed by atoms with van der Waals surface area (Å²) in [6, 6.07) is 16.8. The molecule has 0 aliphatic carbocycles. The summed E-state index contributed by atoms with van der Waals surface area (Å²) in [6.07, 6.45) is 1.57. The fourth-order valence-corrected chi connectivity index (χ4v) is 5.44. The smallest absolute Gasteiger partial charge is 0.264 e. The van der Waals surface area contributed by atoms with E-state index in [0.717, 1.165) is 0 Å². The van der Waals surface area contributed by atoms with Crippen molar-refractivity contribution in [1.29, 1.82) is 0 Å². The van der Waals surface area contributed by atoms with Crippen LogP contribution < -0.4 is 14.9 Å². The lowest BCUT2D eigenvalue weighted by Crippen LogP contribution is -2.31. The third kappa shape index (κ3) is 3.89. The first-order valence-corrected chi connectivity index (χ1v) is 11.7. The van der Waals surface area contributed by atoms with Crippen LogP contribution in [0.15, 0.2) is 78.2 Å². The Morgan fingerprint density at radius 2 is 1.70 bits per heavy atom. The number of benzene rings is 3. The molecule has 33 heavy (non-hydrogen) atoms. The van der Waals surface area contributed by atoms with E-state index in [4.69, 9.17) is 0 Å². The van der Waals surface area contributed by atoms with Crippen molar-refractivity contribution >= 4 is 33.2 Å². The van der Waals surface area contributed by atoms with Crippen LogP contribution in [-0.2, 0) is 10.0 Å². The van der Waals surface area contributed by atoms with E-state index in [-0.39, 0.29) is 10.8 Å². The van der Waals surface area contributed by atoms with Crippen LogP contribution in [0.2, 0.25) is 0 Å². The van der Waals surface area contributed by atoms with Gasteiger partial charge < -0.3 is 10.6 Å². The van der Waals surface area contributed by atoms with E-state index in [1.165, 1.54) is 11.4 Å². The number of carbonyl (C=O) groups excluding carboxylic acids is 2. The predicted molar refractivity (Wildman–Crippen MR) is 129 cm³/mol. The van der Waals surface area contributed by atoms with Crippen LogP contribution in [0.1, 0.15) is 26.3 Å². The largest absolute Gasteiger partial charge is 0.349 e. The highest BCUT2D eigenvalue weighted by atomic mass is 32.2. The maximum Gasteiger partial charge on any atom is 0.264 e. The first-order valence-electron chi connectivity index (χ1n) is 10.3. The van der Waals surface area contributed by atoms with Crippen molar-refractivity contribution in [2.45, 2.75) is 11.8 Å². The van der Waals surface area contributed by atoms with Gasteiger partial charge in [-0.2, -0.15) is 0 Å². The summed E-state index contributed by atoms with van der Waals surface area (Å²) in [6.45, 7) is 5.66. The fraction of sp³-hybridized carbons (Fsp3) is 0.120. The molecule has 0 atom stereocenters. The minimum absolute atomic E-state index is 0.196. The number of carbonyl (C=O) groups is 2. The van der Waals surface area contributed by atoms with E-state index in [0.29, 0.717) is 45.7 Å². The zero-order valence-electron chi connectivity index (χ0n) is 18.3. The second kappa shape index (κ2) is 8.55. The molecule has 0 saturated heterocycles. The summed E-state index contributed by atoms with van der Waals surface area (Å²) in [4.78, 5) is 25.8. The highest BCUT2D eigenvalue weighted by Crippen LogP contribution is 2.44. The maximum atomic E-state index is 13.2. The van der Waals surface area contributed by atoms with Crippen LogP contribution >= 0.6 is 0 Å². The lowest BCUT2D eigenvalue weighted by atomic mass is 9.96. The molecule has 1 aliphatic heterocycles. The molecule has 0 spiro atoms. The molecule has 168 valence electrons. The Morgan fingerprint density at radius 1 is 1.00 bits per heavy atom. The molecule has 7 nitrogen and oxygen atoms in total. The van der Waals surface area contributed by atoms with Crippen LogP contribution in [0, 0.1) is 6.92 Å². The van der Waals surface area contributed by atoms with Gasteiger partial charge in [0.15, 0.2) is 0 Å². The lowest BCUT2D eigenvalue weighted by Gasteiger charge is -2.31. The van der Waals surface area contributed by atoms with Gasteiger partial charge in [0.05, 0.1) is 21.8 Å². The Bertz CT molecular complexity index is 1400. The number of rotatable bonds is 5. The second-order valence-corrected chi connectivity index (χ2v) is 9.59. The van der Waals surface area contributed by atoms with Gasteiger partial charge in [0, 0.05) is 30.3 Å². The van der Waals surface area contributed by atoms with Crippen LogP contribution in [0.3, 0.4) is 0 Å². The predicted octanol–water partition coefficient (Wildman–Crippen LogP) is 3.97. The van der Waals surface area contributed by atoms with Gasteiger partial charge in [-0.05, 0) is 42.8 Å². The van der Waals surface area contributed by atoms with Crippen molar-refractivity contribution in [3.8, 4) is 11.1 Å². The molecular weight excluding hydrogens is 438 g/mol. The Labute approximate surface area is 192 Å². The lowest BCUT2D eigenvalue weighted by molar-refractivity contribution is 0.0959. The number of fused-ring (bicyclic) bond motifs is 3. The van der Waals surface area contributed by atoms with Crippen LogP contribution in [0.25, 0.3) is 11.1 Å². The standard InChI is InChI=1S/C25H23N3O4S/c1-4-13-26-25(30)19-10-5-7-11-21(19)27-24(29)17-14-16(2)23-20(15-17)18-9-6-8-12-22(18)33(31,32)28(23)3/h4-12,14-15H,1,13H2,2-3H3,(H,26,30)(H,27,29). The molecule has 4 rings (SSSR count). The van der Waals surface area contributed by atoms with E-state index in [9.17, 15) is 18.0 Å². The number of nitrogens with zero attached hydrogens (tertiary/aromatic N) is 1. The van der Waals surface area contributed by atoms with Crippen molar-refractivity contribution in [1.82, 2.24) is 5.32 Å². The minimum Gasteiger partial charge on any atom is -0.349 e. The monoisotopic (exact) mass is 461 g/mol. The molecular formula is C25H23N3O4S. The Hall–Kier alpha value is -3.91. The number of amides is 2. The van der Waals surface area contributed by atoms with Gasteiger partial charge >= 0.3 is 0 Å². The fourth-order valence-electron chi connectivity index (χ4n) is 3.96. The Kier molecular flexibility index (Phi) is 5.78. The number of nitrogens with one attached hydrogen (secondary N) is 2. The average molecular weight is 462 g/mol. The van der Waals surface area contributed by atoms with Crippen LogP contribution in [-0.4, -0.2) is 33.8 Å². The van der Waals surface area contributed by atoms with Gasteiger partial charge in [-0.25, -0.2) is 8.42 Å². The van der Waals surface area contributed by atoms with Crippen molar-refractivity contribution in [2.24, 2.45) is 0 Å². The SMILES string of the molecule is C=CCNC(=O)c1ccccc1NC(=O)c1cc(C)c2c(c1)-c1ccccc1S(=O)(=O)N2C. The van der Waals surface area contributed by atoms with Crippen molar-refractivity contribution in [2.75, 3.05) is 23.2 Å². The number of hydrogen-bond acceptors (Lipinski definition) is 4. The molecule has 0 aromatic heterocycles. The zero-order valence-corrected chi connectivity index (χ0v) is 19.1. The van der Waals surface area contributed by atoms with Crippen molar-refractivity contribution in [3.05, 3.63) is 90.0 Å². The number of para-hydroxylation sites is 1. The van der Waals surface area contributed by atoms with Gasteiger partial charge in [0.2, 0.25) is 0 Å². The number of sulfonamides is 1. The minimum atomic E-state index is -3.68. The van der Waals surface area contributed by atoms with Crippen molar-refractivity contribution < 1.29 is 18.0 Å². The second-order valence-electron chi connectivity index (χ2n) is 7.66. The maximum absolute atomic E-state index is 13.2. The summed E-state index contributed by atoms with van der Waals surface area (Å²) >= 11 is 0. The first-order chi connectivity index (χ1) is 15.8. The van der Waals surface area contributed by atoms with E-state index in [2.05, 4.69) is 17.2 Å². The number of aryl methyl sites for hydroxylation is 1. The van der Waals surface area contributed by atoms with E-state index in [1.807, 2.05) is 0 Å². The zero-order chi connectivity index (χ0) is 23.8. The summed E-state index contributed by atoms with van der Waals surface area (Å²) in [5.41, 5.74) is 3.45.